The first-order chi connectivity index (χ1) is 7.71. The predicted octanol–water partition coefficient (Wildman–Crippen LogP) is 2.11. The van der Waals surface area contributed by atoms with Crippen LogP contribution in [-0.4, -0.2) is 30.9 Å². The topological polar surface area (TPSA) is 53.8 Å². The van der Waals surface area contributed by atoms with E-state index in [1.165, 1.54) is 25.7 Å². The Labute approximate surface area is 104 Å². The maximum atomic E-state index is 9.21. The molecule has 4 nitrogen and oxygen atoms in total. The molecule has 0 bridgehead atoms. The third kappa shape index (κ3) is 2.19. The van der Waals surface area contributed by atoms with Gasteiger partial charge in [0.2, 0.25) is 0 Å². The lowest BCUT2D eigenvalue weighted by Gasteiger charge is -2.27. The van der Waals surface area contributed by atoms with Crippen molar-refractivity contribution < 1.29 is 5.11 Å². The standard InChI is InChI=1S/C10H17N3OS2/c1-16-10(4-2-3-5-10)7-13-8(6-14)11-12-9(13)15/h14H,2-7H2,1H3,(H,12,15). The molecule has 0 saturated heterocycles. The highest BCUT2D eigenvalue weighted by molar-refractivity contribution is 8.00. The monoisotopic (exact) mass is 259 g/mol. The lowest BCUT2D eigenvalue weighted by Crippen LogP contribution is -2.28. The molecule has 6 heteroatoms. The van der Waals surface area contributed by atoms with Gasteiger partial charge in [0.15, 0.2) is 10.6 Å². The van der Waals surface area contributed by atoms with Crippen LogP contribution < -0.4 is 0 Å². The van der Waals surface area contributed by atoms with Crippen LogP contribution in [0.4, 0.5) is 0 Å². The number of aromatic amines is 1. The Balaban J connectivity index is 2.24. The van der Waals surface area contributed by atoms with Gasteiger partial charge in [0.25, 0.3) is 0 Å². The van der Waals surface area contributed by atoms with Crippen LogP contribution in [0.15, 0.2) is 0 Å². The van der Waals surface area contributed by atoms with Crippen molar-refractivity contribution in [1.82, 2.24) is 14.8 Å². The van der Waals surface area contributed by atoms with E-state index in [9.17, 15) is 5.11 Å². The fourth-order valence-corrected chi connectivity index (χ4v) is 3.54. The SMILES string of the molecule is CSC1(Cn2c(CO)n[nH]c2=S)CCCC1. The minimum absolute atomic E-state index is 0.0579. The molecule has 0 spiro atoms. The average Bonchev–Trinajstić information content (AvgIpc) is 2.89. The summed E-state index contributed by atoms with van der Waals surface area (Å²) in [5.74, 6) is 0.644. The zero-order valence-electron chi connectivity index (χ0n) is 9.40. The highest BCUT2D eigenvalue weighted by Gasteiger charge is 2.34. The van der Waals surface area contributed by atoms with Crippen molar-refractivity contribution in [1.29, 1.82) is 0 Å². The Morgan fingerprint density at radius 2 is 2.25 bits per heavy atom. The van der Waals surface area contributed by atoms with Crippen LogP contribution in [0.1, 0.15) is 31.5 Å². The molecule has 1 saturated carbocycles. The van der Waals surface area contributed by atoms with E-state index in [0.717, 1.165) is 6.54 Å². The lowest BCUT2D eigenvalue weighted by molar-refractivity contribution is 0.262. The molecule has 1 aromatic heterocycles. The fourth-order valence-electron chi connectivity index (χ4n) is 2.37. The van der Waals surface area contributed by atoms with Gasteiger partial charge in [-0.1, -0.05) is 12.8 Å². The van der Waals surface area contributed by atoms with E-state index in [4.69, 9.17) is 12.2 Å². The Morgan fingerprint density at radius 3 is 2.81 bits per heavy atom. The van der Waals surface area contributed by atoms with Crippen LogP contribution in [0.3, 0.4) is 0 Å². The Kier molecular flexibility index (Phi) is 3.71. The quantitative estimate of drug-likeness (QED) is 0.813. The van der Waals surface area contributed by atoms with Crippen molar-refractivity contribution in [3.05, 3.63) is 10.6 Å². The van der Waals surface area contributed by atoms with Crippen LogP contribution >= 0.6 is 24.0 Å². The predicted molar refractivity (Wildman–Crippen MR) is 68.0 cm³/mol. The van der Waals surface area contributed by atoms with Crippen molar-refractivity contribution >= 4 is 24.0 Å². The Hall–Kier alpha value is -0.330. The molecule has 2 rings (SSSR count). The van der Waals surface area contributed by atoms with Gasteiger partial charge in [-0.3, -0.25) is 5.10 Å². The summed E-state index contributed by atoms with van der Waals surface area (Å²) in [6, 6.07) is 0. The van der Waals surface area contributed by atoms with Gasteiger partial charge in [-0.05, 0) is 31.3 Å². The molecule has 1 fully saturated rings. The molecule has 16 heavy (non-hydrogen) atoms. The van der Waals surface area contributed by atoms with Gasteiger partial charge in [0, 0.05) is 11.3 Å². The van der Waals surface area contributed by atoms with Gasteiger partial charge < -0.3 is 9.67 Å². The maximum absolute atomic E-state index is 9.21. The van der Waals surface area contributed by atoms with Gasteiger partial charge in [-0.2, -0.15) is 16.9 Å². The third-order valence-electron chi connectivity index (χ3n) is 3.37. The van der Waals surface area contributed by atoms with Gasteiger partial charge in [-0.25, -0.2) is 0 Å². The number of hydrogen-bond acceptors (Lipinski definition) is 4. The molecule has 0 unspecified atom stereocenters. The number of thioether (sulfide) groups is 1. The number of aromatic nitrogens is 3. The van der Waals surface area contributed by atoms with Crippen molar-refractivity contribution in [2.75, 3.05) is 6.26 Å². The van der Waals surface area contributed by atoms with E-state index in [0.29, 0.717) is 10.6 Å². The highest BCUT2D eigenvalue weighted by atomic mass is 32.2. The summed E-state index contributed by atoms with van der Waals surface area (Å²) >= 11 is 7.11. The summed E-state index contributed by atoms with van der Waals surface area (Å²) in [5.41, 5.74) is 0. The molecule has 0 aliphatic heterocycles. The molecule has 0 radical (unpaired) electrons. The van der Waals surface area contributed by atoms with Crippen LogP contribution in [0.5, 0.6) is 0 Å². The first-order valence-corrected chi connectivity index (χ1v) is 7.14. The summed E-state index contributed by atoms with van der Waals surface area (Å²) in [6.07, 6.45) is 7.20. The van der Waals surface area contributed by atoms with E-state index in [1.54, 1.807) is 0 Å². The first kappa shape index (κ1) is 12.1. The minimum atomic E-state index is -0.0579. The van der Waals surface area contributed by atoms with Crippen molar-refractivity contribution in [3.63, 3.8) is 0 Å². The van der Waals surface area contributed by atoms with Crippen molar-refractivity contribution in [3.8, 4) is 0 Å². The zero-order chi connectivity index (χ0) is 11.6. The molecular weight excluding hydrogens is 242 g/mol. The van der Waals surface area contributed by atoms with Gasteiger partial charge in [-0.15, -0.1) is 0 Å². The van der Waals surface area contributed by atoms with E-state index >= 15 is 0 Å². The van der Waals surface area contributed by atoms with Crippen LogP contribution in [0.2, 0.25) is 0 Å². The van der Waals surface area contributed by atoms with Crippen LogP contribution in [0, 0.1) is 4.77 Å². The third-order valence-corrected chi connectivity index (χ3v) is 5.09. The molecule has 0 atom stereocenters. The lowest BCUT2D eigenvalue weighted by atomic mass is 10.1. The van der Waals surface area contributed by atoms with Crippen LogP contribution in [0.25, 0.3) is 0 Å². The average molecular weight is 259 g/mol. The van der Waals surface area contributed by atoms with Gasteiger partial charge in [0.05, 0.1) is 0 Å². The second-order valence-corrected chi connectivity index (χ2v) is 5.94. The number of rotatable bonds is 4. The summed E-state index contributed by atoms with van der Waals surface area (Å²) in [6.45, 7) is 0.803. The van der Waals surface area contributed by atoms with Crippen molar-refractivity contribution in [2.24, 2.45) is 0 Å². The number of aliphatic hydroxyl groups excluding tert-OH is 1. The molecule has 1 aliphatic carbocycles. The summed E-state index contributed by atoms with van der Waals surface area (Å²) in [7, 11) is 0. The molecule has 90 valence electrons. The molecule has 1 aromatic rings. The van der Waals surface area contributed by atoms with Gasteiger partial charge >= 0.3 is 0 Å². The largest absolute Gasteiger partial charge is 0.388 e. The fraction of sp³-hybridized carbons (Fsp3) is 0.800. The molecule has 0 aromatic carbocycles. The molecule has 1 heterocycles. The normalized spacial score (nSPS) is 19.1. The zero-order valence-corrected chi connectivity index (χ0v) is 11.0. The Morgan fingerprint density at radius 1 is 1.56 bits per heavy atom. The van der Waals surface area contributed by atoms with E-state index in [1.807, 2.05) is 16.3 Å². The number of nitrogens with one attached hydrogen (secondary N) is 1. The second-order valence-electron chi connectivity index (χ2n) is 4.28. The summed E-state index contributed by atoms with van der Waals surface area (Å²) in [4.78, 5) is 0. The number of aliphatic hydroxyl groups is 1. The van der Waals surface area contributed by atoms with Gasteiger partial charge in [0.1, 0.15) is 6.61 Å². The highest BCUT2D eigenvalue weighted by Crippen LogP contribution is 2.41. The van der Waals surface area contributed by atoms with E-state index < -0.39 is 0 Å². The molecular formula is C10H17N3OS2. The summed E-state index contributed by atoms with van der Waals surface area (Å²) < 4.78 is 2.84. The Bertz CT molecular complexity index is 406. The molecule has 2 N–H and O–H groups in total. The minimum Gasteiger partial charge on any atom is -0.388 e. The smallest absolute Gasteiger partial charge is 0.195 e. The first-order valence-electron chi connectivity index (χ1n) is 5.51. The number of nitrogens with zero attached hydrogens (tertiary/aromatic N) is 2. The van der Waals surface area contributed by atoms with Crippen LogP contribution in [-0.2, 0) is 13.2 Å². The van der Waals surface area contributed by atoms with E-state index in [-0.39, 0.29) is 11.4 Å². The van der Waals surface area contributed by atoms with Crippen molar-refractivity contribution in [2.45, 2.75) is 43.6 Å². The number of hydrogen-bond donors (Lipinski definition) is 2. The van der Waals surface area contributed by atoms with E-state index in [2.05, 4.69) is 16.5 Å². The maximum Gasteiger partial charge on any atom is 0.195 e. The number of H-pyrrole nitrogens is 1. The molecule has 0 amide bonds. The summed E-state index contributed by atoms with van der Waals surface area (Å²) in [5, 5.41) is 16.0. The molecule has 1 aliphatic rings. The second kappa shape index (κ2) is 4.89.